The molecule has 1 aliphatic heterocycles. The molecule has 1 amide bonds. The zero-order valence-electron chi connectivity index (χ0n) is 11.4. The van der Waals surface area contributed by atoms with Gasteiger partial charge in [0.15, 0.2) is 0 Å². The molecular weight excluding hydrogens is 262 g/mol. The van der Waals surface area contributed by atoms with Gasteiger partial charge in [-0.15, -0.1) is 0 Å². The Morgan fingerprint density at radius 1 is 1.50 bits per heavy atom. The number of benzene rings is 1. The highest BCUT2D eigenvalue weighted by molar-refractivity contribution is 5.94. The van der Waals surface area contributed by atoms with Crippen LogP contribution in [0.5, 0.6) is 5.75 Å². The first-order valence-corrected chi connectivity index (χ1v) is 6.37. The zero-order valence-corrected chi connectivity index (χ0v) is 11.4. The van der Waals surface area contributed by atoms with Gasteiger partial charge < -0.3 is 15.4 Å². The van der Waals surface area contributed by atoms with E-state index in [4.69, 9.17) is 4.74 Å². The quantitative estimate of drug-likeness (QED) is 0.642. The Hall–Kier alpha value is -2.15. The summed E-state index contributed by atoms with van der Waals surface area (Å²) in [4.78, 5) is 22.4. The lowest BCUT2D eigenvalue weighted by Crippen LogP contribution is -2.28. The van der Waals surface area contributed by atoms with Gasteiger partial charge in [0.05, 0.1) is 29.7 Å². The number of non-ortho nitro benzene ring substituents is 1. The first-order chi connectivity index (χ1) is 9.52. The van der Waals surface area contributed by atoms with Crippen molar-refractivity contribution in [2.75, 3.05) is 25.5 Å². The molecule has 1 saturated heterocycles. The Labute approximate surface area is 116 Å². The molecular formula is C13H17N3O4. The van der Waals surface area contributed by atoms with Crippen LogP contribution in [0.4, 0.5) is 11.4 Å². The lowest BCUT2D eigenvalue weighted by molar-refractivity contribution is -0.384. The number of amides is 1. The number of nitro benzene ring substituents is 1. The number of hydrogen-bond acceptors (Lipinski definition) is 5. The van der Waals surface area contributed by atoms with E-state index in [9.17, 15) is 14.9 Å². The minimum absolute atomic E-state index is 0.0734. The van der Waals surface area contributed by atoms with Crippen LogP contribution in [0.15, 0.2) is 18.2 Å². The van der Waals surface area contributed by atoms with E-state index in [2.05, 4.69) is 10.6 Å². The largest absolute Gasteiger partial charge is 0.494 e. The second-order valence-electron chi connectivity index (χ2n) is 4.87. The Morgan fingerprint density at radius 3 is 2.80 bits per heavy atom. The fourth-order valence-corrected chi connectivity index (χ4v) is 2.28. The van der Waals surface area contributed by atoms with Gasteiger partial charge in [-0.25, -0.2) is 0 Å². The van der Waals surface area contributed by atoms with Crippen molar-refractivity contribution in [1.82, 2.24) is 5.32 Å². The van der Waals surface area contributed by atoms with Crippen LogP contribution in [0.25, 0.3) is 0 Å². The molecule has 7 nitrogen and oxygen atoms in total. The molecule has 0 aromatic heterocycles. The van der Waals surface area contributed by atoms with E-state index in [0.29, 0.717) is 12.2 Å². The molecule has 1 fully saturated rings. The molecule has 0 bridgehead atoms. The minimum Gasteiger partial charge on any atom is -0.494 e. The molecule has 2 rings (SSSR count). The molecule has 2 N–H and O–H groups in total. The van der Waals surface area contributed by atoms with Crippen molar-refractivity contribution < 1.29 is 14.5 Å². The number of hydrogen-bond donors (Lipinski definition) is 2. The molecule has 0 spiro atoms. The van der Waals surface area contributed by atoms with E-state index in [1.165, 1.54) is 25.3 Å². The third-order valence-corrected chi connectivity index (χ3v) is 3.51. The van der Waals surface area contributed by atoms with Crippen molar-refractivity contribution in [3.63, 3.8) is 0 Å². The Kier molecular flexibility index (Phi) is 4.19. The average Bonchev–Trinajstić information content (AvgIpc) is 2.85. The summed E-state index contributed by atoms with van der Waals surface area (Å²) in [6.45, 7) is 3.47. The maximum Gasteiger partial charge on any atom is 0.273 e. The summed E-state index contributed by atoms with van der Waals surface area (Å²) in [7, 11) is 1.41. The van der Waals surface area contributed by atoms with Gasteiger partial charge in [0.1, 0.15) is 5.75 Å². The second-order valence-corrected chi connectivity index (χ2v) is 4.87. The van der Waals surface area contributed by atoms with Gasteiger partial charge in [-0.1, -0.05) is 6.92 Å². The lowest BCUT2D eigenvalue weighted by atomic mass is 9.97. The fraction of sp³-hybridized carbons (Fsp3) is 0.462. The van der Waals surface area contributed by atoms with Gasteiger partial charge in [-0.05, 0) is 18.5 Å². The van der Waals surface area contributed by atoms with Crippen LogP contribution in [0.2, 0.25) is 0 Å². The van der Waals surface area contributed by atoms with Crippen molar-refractivity contribution in [3.05, 3.63) is 28.3 Å². The van der Waals surface area contributed by atoms with Crippen LogP contribution in [0.1, 0.15) is 6.92 Å². The molecule has 1 aromatic rings. The third kappa shape index (κ3) is 2.88. The molecule has 20 heavy (non-hydrogen) atoms. The van der Waals surface area contributed by atoms with Crippen LogP contribution in [0, 0.1) is 22.0 Å². The highest BCUT2D eigenvalue weighted by Gasteiger charge is 2.30. The minimum atomic E-state index is -0.503. The van der Waals surface area contributed by atoms with E-state index in [-0.39, 0.29) is 29.2 Å². The number of anilines is 1. The van der Waals surface area contributed by atoms with Gasteiger partial charge >= 0.3 is 0 Å². The summed E-state index contributed by atoms with van der Waals surface area (Å²) in [6, 6.07) is 4.13. The SMILES string of the molecule is COc1cc([N+](=O)[O-])ccc1NC(=O)[C@@H]1CNC[C@H]1C. The van der Waals surface area contributed by atoms with Crippen molar-refractivity contribution in [1.29, 1.82) is 0 Å². The summed E-state index contributed by atoms with van der Waals surface area (Å²) in [5, 5.41) is 16.6. The van der Waals surface area contributed by atoms with Gasteiger partial charge in [-0.2, -0.15) is 0 Å². The summed E-state index contributed by atoms with van der Waals surface area (Å²) >= 11 is 0. The molecule has 1 aliphatic rings. The van der Waals surface area contributed by atoms with Crippen LogP contribution in [-0.2, 0) is 4.79 Å². The normalized spacial score (nSPS) is 21.5. The highest BCUT2D eigenvalue weighted by Crippen LogP contribution is 2.30. The Morgan fingerprint density at radius 2 is 2.25 bits per heavy atom. The Balaban J connectivity index is 2.16. The van der Waals surface area contributed by atoms with E-state index in [1.54, 1.807) is 0 Å². The molecule has 0 radical (unpaired) electrons. The number of carbonyl (C=O) groups is 1. The van der Waals surface area contributed by atoms with Crippen LogP contribution >= 0.6 is 0 Å². The first-order valence-electron chi connectivity index (χ1n) is 6.37. The predicted molar refractivity (Wildman–Crippen MR) is 73.8 cm³/mol. The monoisotopic (exact) mass is 279 g/mol. The molecule has 2 atom stereocenters. The van der Waals surface area contributed by atoms with E-state index < -0.39 is 4.92 Å². The number of methoxy groups -OCH3 is 1. The highest BCUT2D eigenvalue weighted by atomic mass is 16.6. The van der Waals surface area contributed by atoms with Crippen molar-refractivity contribution in [2.45, 2.75) is 6.92 Å². The molecule has 0 saturated carbocycles. The maximum atomic E-state index is 12.2. The summed E-state index contributed by atoms with van der Waals surface area (Å²) in [5.74, 6) is 0.342. The number of ether oxygens (including phenoxy) is 1. The standard InChI is InChI=1S/C13H17N3O4/c1-8-6-14-7-10(8)13(17)15-11-4-3-9(16(18)19)5-12(11)20-2/h3-5,8,10,14H,6-7H2,1-2H3,(H,15,17)/t8-,10-/m1/s1. The summed E-state index contributed by atoms with van der Waals surface area (Å²) < 4.78 is 5.09. The molecule has 0 unspecified atom stereocenters. The number of nitro groups is 1. The van der Waals surface area contributed by atoms with Crippen LogP contribution in [0.3, 0.4) is 0 Å². The first kappa shape index (κ1) is 14.3. The molecule has 108 valence electrons. The summed E-state index contributed by atoms with van der Waals surface area (Å²) in [5.41, 5.74) is 0.373. The second kappa shape index (κ2) is 5.87. The van der Waals surface area contributed by atoms with Gasteiger partial charge in [0.2, 0.25) is 5.91 Å². The topological polar surface area (TPSA) is 93.5 Å². The zero-order chi connectivity index (χ0) is 14.7. The molecule has 1 aromatic carbocycles. The smallest absolute Gasteiger partial charge is 0.273 e. The van der Waals surface area contributed by atoms with E-state index in [0.717, 1.165) is 6.54 Å². The average molecular weight is 279 g/mol. The molecule has 1 heterocycles. The van der Waals surface area contributed by atoms with E-state index in [1.807, 2.05) is 6.92 Å². The number of carbonyl (C=O) groups excluding carboxylic acids is 1. The maximum absolute atomic E-state index is 12.2. The number of rotatable bonds is 4. The molecule has 7 heteroatoms. The lowest BCUT2D eigenvalue weighted by Gasteiger charge is -2.15. The van der Waals surface area contributed by atoms with Gasteiger partial charge in [0.25, 0.3) is 5.69 Å². The number of nitrogens with one attached hydrogen (secondary N) is 2. The van der Waals surface area contributed by atoms with Gasteiger partial charge in [-0.3, -0.25) is 14.9 Å². The number of nitrogens with zero attached hydrogens (tertiary/aromatic N) is 1. The van der Waals surface area contributed by atoms with Crippen molar-refractivity contribution >= 4 is 17.3 Å². The van der Waals surface area contributed by atoms with Gasteiger partial charge in [0, 0.05) is 12.6 Å². The Bertz CT molecular complexity index is 532. The van der Waals surface area contributed by atoms with Crippen LogP contribution < -0.4 is 15.4 Å². The third-order valence-electron chi connectivity index (χ3n) is 3.51. The van der Waals surface area contributed by atoms with Crippen molar-refractivity contribution in [3.8, 4) is 5.75 Å². The van der Waals surface area contributed by atoms with E-state index >= 15 is 0 Å². The molecule has 0 aliphatic carbocycles. The van der Waals surface area contributed by atoms with Crippen molar-refractivity contribution in [2.24, 2.45) is 11.8 Å². The van der Waals surface area contributed by atoms with Crippen LogP contribution in [-0.4, -0.2) is 31.0 Å². The fourth-order valence-electron chi connectivity index (χ4n) is 2.28. The summed E-state index contributed by atoms with van der Waals surface area (Å²) in [6.07, 6.45) is 0. The predicted octanol–water partition coefficient (Wildman–Crippen LogP) is 1.40.